The van der Waals surface area contributed by atoms with Crippen LogP contribution in [0.25, 0.3) is 11.1 Å². The number of aromatic nitrogens is 1. The Balaban J connectivity index is 1.88. The third-order valence-electron chi connectivity index (χ3n) is 5.04. The van der Waals surface area contributed by atoms with Gasteiger partial charge in [-0.2, -0.15) is 0 Å². The van der Waals surface area contributed by atoms with E-state index in [-0.39, 0.29) is 24.3 Å². The highest BCUT2D eigenvalue weighted by atomic mass is 16.5. The first kappa shape index (κ1) is 18.9. The zero-order valence-corrected chi connectivity index (χ0v) is 15.8. The second-order valence-electron chi connectivity index (χ2n) is 6.94. The summed E-state index contributed by atoms with van der Waals surface area (Å²) in [6.07, 6.45) is 4.75. The Morgan fingerprint density at radius 3 is 2.81 bits per heavy atom. The van der Waals surface area contributed by atoms with E-state index in [1.165, 1.54) is 0 Å². The van der Waals surface area contributed by atoms with Crippen molar-refractivity contribution in [2.45, 2.75) is 38.6 Å². The molecule has 0 spiro atoms. The fraction of sp³-hybridized carbons (Fsp3) is 0.381. The van der Waals surface area contributed by atoms with E-state index in [1.54, 1.807) is 18.2 Å². The van der Waals surface area contributed by atoms with Crippen molar-refractivity contribution in [2.75, 3.05) is 13.7 Å². The maximum atomic E-state index is 13.1. The molecule has 142 valence electrons. The number of nitrogens with two attached hydrogens (primary N) is 1. The Morgan fingerprint density at radius 2 is 2.11 bits per heavy atom. The van der Waals surface area contributed by atoms with Crippen LogP contribution < -0.4 is 10.5 Å². The average Bonchev–Trinajstić information content (AvgIpc) is 2.67. The van der Waals surface area contributed by atoms with Crippen molar-refractivity contribution in [1.82, 2.24) is 9.88 Å². The highest BCUT2D eigenvalue weighted by Crippen LogP contribution is 2.27. The Hall–Kier alpha value is -2.89. The van der Waals surface area contributed by atoms with Gasteiger partial charge in [-0.3, -0.25) is 9.59 Å². The molecule has 1 aromatic heterocycles. The summed E-state index contributed by atoms with van der Waals surface area (Å²) in [6, 6.07) is 9.29. The molecule has 3 rings (SSSR count). The second kappa shape index (κ2) is 8.20. The monoisotopic (exact) mass is 367 g/mol. The van der Waals surface area contributed by atoms with Crippen LogP contribution in [0.5, 0.6) is 5.88 Å². The van der Waals surface area contributed by atoms with Gasteiger partial charge in [-0.25, -0.2) is 4.98 Å². The first-order chi connectivity index (χ1) is 13.0. The van der Waals surface area contributed by atoms with E-state index in [2.05, 4.69) is 4.98 Å². The van der Waals surface area contributed by atoms with Gasteiger partial charge in [0.05, 0.1) is 7.11 Å². The molecule has 0 radical (unpaired) electrons. The Bertz CT molecular complexity index is 850. The SMILES string of the molecule is COc1cc(C)c(-c2cccc(C(=O)N3CCCC[C@H]3CC(N)=O)c2)cn1. The van der Waals surface area contributed by atoms with E-state index in [1.807, 2.05) is 37.3 Å². The molecule has 0 aliphatic carbocycles. The molecule has 1 aliphatic heterocycles. The summed E-state index contributed by atoms with van der Waals surface area (Å²) < 4.78 is 5.16. The third-order valence-corrected chi connectivity index (χ3v) is 5.04. The summed E-state index contributed by atoms with van der Waals surface area (Å²) in [4.78, 5) is 30.5. The van der Waals surface area contributed by atoms with Crippen LogP contribution in [0.2, 0.25) is 0 Å². The molecule has 0 saturated carbocycles. The van der Waals surface area contributed by atoms with E-state index < -0.39 is 0 Å². The lowest BCUT2D eigenvalue weighted by molar-refractivity contribution is -0.119. The van der Waals surface area contributed by atoms with E-state index >= 15 is 0 Å². The van der Waals surface area contributed by atoms with E-state index in [0.717, 1.165) is 36.0 Å². The molecular formula is C21H25N3O3. The number of piperidine rings is 1. The summed E-state index contributed by atoms with van der Waals surface area (Å²) in [7, 11) is 1.59. The van der Waals surface area contributed by atoms with Gasteiger partial charge in [-0.05, 0) is 49.4 Å². The van der Waals surface area contributed by atoms with Crippen LogP contribution in [0.3, 0.4) is 0 Å². The number of primary amides is 1. The normalized spacial score (nSPS) is 16.8. The van der Waals surface area contributed by atoms with Gasteiger partial charge in [0.15, 0.2) is 0 Å². The first-order valence-electron chi connectivity index (χ1n) is 9.20. The molecule has 1 atom stereocenters. The van der Waals surface area contributed by atoms with Crippen LogP contribution in [0, 0.1) is 6.92 Å². The molecule has 1 aliphatic rings. The van der Waals surface area contributed by atoms with Crippen LogP contribution in [0.1, 0.15) is 41.6 Å². The van der Waals surface area contributed by atoms with Crippen LogP contribution in [-0.2, 0) is 4.79 Å². The molecule has 2 N–H and O–H groups in total. The number of rotatable bonds is 5. The number of nitrogens with zero attached hydrogens (tertiary/aromatic N) is 2. The van der Waals surface area contributed by atoms with Crippen molar-refractivity contribution in [3.05, 3.63) is 47.7 Å². The van der Waals surface area contributed by atoms with Crippen molar-refractivity contribution < 1.29 is 14.3 Å². The topological polar surface area (TPSA) is 85.5 Å². The Morgan fingerprint density at radius 1 is 1.30 bits per heavy atom. The second-order valence-corrected chi connectivity index (χ2v) is 6.94. The minimum Gasteiger partial charge on any atom is -0.481 e. The van der Waals surface area contributed by atoms with Crippen LogP contribution in [0.15, 0.2) is 36.5 Å². The van der Waals surface area contributed by atoms with E-state index in [4.69, 9.17) is 10.5 Å². The molecule has 27 heavy (non-hydrogen) atoms. The predicted octanol–water partition coefficient (Wildman–Crippen LogP) is 2.94. The molecule has 1 saturated heterocycles. The number of carbonyl (C=O) groups is 2. The average molecular weight is 367 g/mol. The number of aryl methyl sites for hydroxylation is 1. The number of hydrogen-bond donors (Lipinski definition) is 1. The Labute approximate surface area is 159 Å². The number of pyridine rings is 1. The maximum absolute atomic E-state index is 13.1. The number of methoxy groups -OCH3 is 1. The van der Waals surface area contributed by atoms with Gasteiger partial charge >= 0.3 is 0 Å². The lowest BCUT2D eigenvalue weighted by Gasteiger charge is -2.35. The standard InChI is InChI=1S/C21H25N3O3/c1-14-10-20(27-2)23-13-18(14)15-6-5-7-16(11-15)21(26)24-9-4-3-8-17(24)12-19(22)25/h5-7,10-11,13,17H,3-4,8-9,12H2,1-2H3,(H2,22,25)/t17-/m0/s1. The summed E-state index contributed by atoms with van der Waals surface area (Å²) in [5, 5.41) is 0. The molecule has 2 heterocycles. The van der Waals surface area contributed by atoms with Gasteiger partial charge in [0.2, 0.25) is 11.8 Å². The van der Waals surface area contributed by atoms with Crippen LogP contribution in [0.4, 0.5) is 0 Å². The molecule has 1 aromatic carbocycles. The lowest BCUT2D eigenvalue weighted by Crippen LogP contribution is -2.45. The van der Waals surface area contributed by atoms with E-state index in [0.29, 0.717) is 18.0 Å². The van der Waals surface area contributed by atoms with Crippen LogP contribution in [-0.4, -0.2) is 41.4 Å². The smallest absolute Gasteiger partial charge is 0.254 e. The highest BCUT2D eigenvalue weighted by Gasteiger charge is 2.28. The summed E-state index contributed by atoms with van der Waals surface area (Å²) in [5.74, 6) is 0.140. The van der Waals surface area contributed by atoms with Crippen LogP contribution >= 0.6 is 0 Å². The summed E-state index contributed by atoms with van der Waals surface area (Å²) in [6.45, 7) is 2.64. The first-order valence-corrected chi connectivity index (χ1v) is 9.20. The molecule has 0 bridgehead atoms. The molecule has 2 aromatic rings. The van der Waals surface area contributed by atoms with Gasteiger partial charge in [0.25, 0.3) is 5.91 Å². The zero-order chi connectivity index (χ0) is 19.4. The van der Waals surface area contributed by atoms with Gasteiger partial charge in [-0.15, -0.1) is 0 Å². The predicted molar refractivity (Wildman–Crippen MR) is 103 cm³/mol. The highest BCUT2D eigenvalue weighted by molar-refractivity contribution is 5.96. The molecule has 6 nitrogen and oxygen atoms in total. The summed E-state index contributed by atoms with van der Waals surface area (Å²) >= 11 is 0. The number of benzene rings is 1. The van der Waals surface area contributed by atoms with Gasteiger partial charge in [0, 0.05) is 42.4 Å². The van der Waals surface area contributed by atoms with Gasteiger partial charge in [-0.1, -0.05) is 12.1 Å². The largest absolute Gasteiger partial charge is 0.481 e. The van der Waals surface area contributed by atoms with Gasteiger partial charge in [0.1, 0.15) is 0 Å². The number of hydrogen-bond acceptors (Lipinski definition) is 4. The van der Waals surface area contributed by atoms with Crippen molar-refractivity contribution in [1.29, 1.82) is 0 Å². The molecule has 1 fully saturated rings. The fourth-order valence-electron chi connectivity index (χ4n) is 3.64. The molecule has 2 amide bonds. The van der Waals surface area contributed by atoms with Crippen molar-refractivity contribution in [3.63, 3.8) is 0 Å². The number of carbonyl (C=O) groups excluding carboxylic acids is 2. The quantitative estimate of drug-likeness (QED) is 0.880. The number of ether oxygens (including phenoxy) is 1. The minimum atomic E-state index is -0.367. The fourth-order valence-corrected chi connectivity index (χ4v) is 3.64. The van der Waals surface area contributed by atoms with E-state index in [9.17, 15) is 9.59 Å². The summed E-state index contributed by atoms with van der Waals surface area (Å²) in [5.41, 5.74) is 8.89. The van der Waals surface area contributed by atoms with Crippen molar-refractivity contribution in [2.24, 2.45) is 5.73 Å². The molecule has 0 unspecified atom stereocenters. The lowest BCUT2D eigenvalue weighted by atomic mass is 9.96. The van der Waals surface area contributed by atoms with Crippen molar-refractivity contribution >= 4 is 11.8 Å². The molecule has 6 heteroatoms. The molecular weight excluding hydrogens is 342 g/mol. The zero-order valence-electron chi connectivity index (χ0n) is 15.8. The third kappa shape index (κ3) is 4.27. The minimum absolute atomic E-state index is 0.0538. The maximum Gasteiger partial charge on any atom is 0.254 e. The number of likely N-dealkylation sites (tertiary alicyclic amines) is 1. The number of amides is 2. The Kier molecular flexibility index (Phi) is 5.74. The van der Waals surface area contributed by atoms with Crippen molar-refractivity contribution in [3.8, 4) is 17.0 Å². The van der Waals surface area contributed by atoms with Gasteiger partial charge < -0.3 is 15.4 Å².